The molecular formula is C33H34FN5O8S2. The number of amides is 1. The van der Waals surface area contributed by atoms with Crippen LogP contribution in [0.25, 0.3) is 17.2 Å². The number of fused-ring (bicyclic) bond motifs is 1. The van der Waals surface area contributed by atoms with Crippen molar-refractivity contribution >= 4 is 50.0 Å². The molecule has 0 aliphatic heterocycles. The molecule has 0 saturated heterocycles. The number of hydrogen-bond acceptors (Lipinski definition) is 11. The zero-order chi connectivity index (χ0) is 35.3. The first kappa shape index (κ1) is 35.1. The minimum Gasteiger partial charge on any atom is -0.497 e. The third-order valence-electron chi connectivity index (χ3n) is 7.11. The number of halogens is 1. The summed E-state index contributed by atoms with van der Waals surface area (Å²) in [5.74, 6) is -1.06. The maximum atomic E-state index is 15.9. The van der Waals surface area contributed by atoms with Gasteiger partial charge >= 0.3 is 11.8 Å². The van der Waals surface area contributed by atoms with Gasteiger partial charge in [-0.05, 0) is 44.0 Å². The summed E-state index contributed by atoms with van der Waals surface area (Å²) < 4.78 is 71.4. The summed E-state index contributed by atoms with van der Waals surface area (Å²) in [6, 6.07) is 14.0. The molecule has 16 heteroatoms. The highest BCUT2D eigenvalue weighted by atomic mass is 32.2. The number of hydrogen-bond donors (Lipinski definition) is 1. The van der Waals surface area contributed by atoms with Crippen LogP contribution in [0.2, 0.25) is 0 Å². The second kappa shape index (κ2) is 14.5. The van der Waals surface area contributed by atoms with Crippen molar-refractivity contribution in [3.8, 4) is 11.5 Å². The number of nitrogens with one attached hydrogen (secondary N) is 1. The molecule has 0 aliphatic carbocycles. The summed E-state index contributed by atoms with van der Waals surface area (Å²) in [7, 11) is -1.70. The number of oxazole rings is 1. The molecule has 0 aliphatic rings. The van der Waals surface area contributed by atoms with Gasteiger partial charge in [0, 0.05) is 41.8 Å². The number of sulfonamides is 1. The van der Waals surface area contributed by atoms with Gasteiger partial charge in [-0.2, -0.15) is 4.37 Å². The van der Waals surface area contributed by atoms with Crippen LogP contribution in [0.1, 0.15) is 37.5 Å². The molecule has 13 nitrogen and oxygen atoms in total. The first-order chi connectivity index (χ1) is 23.3. The fourth-order valence-electron chi connectivity index (χ4n) is 4.85. The number of ether oxygens (including phenoxy) is 3. The van der Waals surface area contributed by atoms with E-state index in [2.05, 4.69) is 14.7 Å². The Morgan fingerprint density at radius 2 is 1.88 bits per heavy atom. The molecule has 258 valence electrons. The lowest BCUT2D eigenvalue weighted by molar-refractivity contribution is 0.0534. The minimum atomic E-state index is -4.62. The van der Waals surface area contributed by atoms with Crippen LogP contribution in [-0.2, 0) is 27.8 Å². The van der Waals surface area contributed by atoms with Crippen molar-refractivity contribution in [2.75, 3.05) is 25.1 Å². The van der Waals surface area contributed by atoms with Gasteiger partial charge in [0.25, 0.3) is 10.0 Å². The fraction of sp³-hybridized carbons (Fsp3) is 0.273. The molecule has 2 heterocycles. The van der Waals surface area contributed by atoms with Gasteiger partial charge in [0.2, 0.25) is 5.13 Å². The van der Waals surface area contributed by atoms with Gasteiger partial charge in [-0.25, -0.2) is 31.7 Å². The summed E-state index contributed by atoms with van der Waals surface area (Å²) in [6.45, 7) is 5.21. The largest absolute Gasteiger partial charge is 0.497 e. The normalized spacial score (nSPS) is 12.0. The van der Waals surface area contributed by atoms with Crippen LogP contribution in [-0.4, -0.2) is 54.8 Å². The predicted molar refractivity (Wildman–Crippen MR) is 182 cm³/mol. The van der Waals surface area contributed by atoms with Gasteiger partial charge in [0.05, 0.1) is 32.8 Å². The molecule has 0 atom stereocenters. The molecule has 5 rings (SSSR count). The van der Waals surface area contributed by atoms with Crippen LogP contribution in [0.15, 0.2) is 81.1 Å². The van der Waals surface area contributed by atoms with E-state index in [9.17, 15) is 18.0 Å². The topological polar surface area (TPSA) is 155 Å². The minimum absolute atomic E-state index is 0.00838. The lowest BCUT2D eigenvalue weighted by Gasteiger charge is -2.23. The van der Waals surface area contributed by atoms with E-state index >= 15 is 4.39 Å². The molecule has 5 aromatic rings. The standard InChI is InChI=1S/C33H34FN5O8S2/c1-33(2,3)47-31(40)35-14-8-11-21-9-6-7-10-22(21)18-38-26-16-25(34)29(17-28(26)46-32(38)41)49(42,43)39(30-36-20-37-48-30)19-23-12-13-24(44-4)15-27(23)45-5/h6-13,15-17,20H,14,18-19H2,1-5H3,(H,35,40)/b11-8+. The number of alkyl carbamates (subject to hydrolysis) is 1. The number of carbonyl (C=O) groups is 1. The first-order valence-corrected chi connectivity index (χ1v) is 17.1. The molecule has 3 aromatic carbocycles. The Hall–Kier alpha value is -5.22. The lowest BCUT2D eigenvalue weighted by Crippen LogP contribution is -2.32. The molecule has 0 radical (unpaired) electrons. The van der Waals surface area contributed by atoms with E-state index in [1.807, 2.05) is 12.1 Å². The maximum Gasteiger partial charge on any atom is 0.420 e. The van der Waals surface area contributed by atoms with E-state index in [0.717, 1.165) is 33.5 Å². The smallest absolute Gasteiger partial charge is 0.420 e. The predicted octanol–water partition coefficient (Wildman–Crippen LogP) is 5.58. The summed E-state index contributed by atoms with van der Waals surface area (Å²) >= 11 is 0.810. The van der Waals surface area contributed by atoms with E-state index < -0.39 is 38.2 Å². The lowest BCUT2D eigenvalue weighted by atomic mass is 10.1. The van der Waals surface area contributed by atoms with E-state index in [-0.39, 0.29) is 35.9 Å². The van der Waals surface area contributed by atoms with Crippen molar-refractivity contribution in [1.82, 2.24) is 19.2 Å². The van der Waals surface area contributed by atoms with E-state index in [1.54, 1.807) is 63.3 Å². The number of rotatable bonds is 12. The molecular weight excluding hydrogens is 678 g/mol. The third-order valence-corrected chi connectivity index (χ3v) is 9.66. The van der Waals surface area contributed by atoms with Gasteiger partial charge in [-0.1, -0.05) is 36.4 Å². The van der Waals surface area contributed by atoms with Crippen LogP contribution >= 0.6 is 11.5 Å². The van der Waals surface area contributed by atoms with Crippen molar-refractivity contribution in [2.24, 2.45) is 0 Å². The average molecular weight is 712 g/mol. The number of aromatic nitrogens is 3. The number of benzene rings is 3. The van der Waals surface area contributed by atoms with Crippen molar-refractivity contribution in [3.63, 3.8) is 0 Å². The molecule has 1 amide bonds. The van der Waals surface area contributed by atoms with E-state index in [1.165, 1.54) is 25.1 Å². The summed E-state index contributed by atoms with van der Waals surface area (Å²) in [6.07, 6.45) is 4.13. The second-order valence-corrected chi connectivity index (χ2v) is 14.2. The van der Waals surface area contributed by atoms with E-state index in [4.69, 9.17) is 18.6 Å². The van der Waals surface area contributed by atoms with Crippen LogP contribution in [0.4, 0.5) is 14.3 Å². The summed E-state index contributed by atoms with van der Waals surface area (Å²) in [5, 5.41) is 2.63. The van der Waals surface area contributed by atoms with E-state index in [0.29, 0.717) is 22.6 Å². The van der Waals surface area contributed by atoms with Gasteiger partial charge in [0.1, 0.15) is 34.1 Å². The van der Waals surface area contributed by atoms with Crippen LogP contribution in [0, 0.1) is 5.82 Å². The van der Waals surface area contributed by atoms with Crippen molar-refractivity contribution in [1.29, 1.82) is 0 Å². The number of anilines is 1. The van der Waals surface area contributed by atoms with Gasteiger partial charge < -0.3 is 23.9 Å². The quantitative estimate of drug-likeness (QED) is 0.173. The Morgan fingerprint density at radius 3 is 2.57 bits per heavy atom. The third kappa shape index (κ3) is 8.09. The maximum absolute atomic E-state index is 15.9. The summed E-state index contributed by atoms with van der Waals surface area (Å²) in [4.78, 5) is 28.4. The molecule has 0 spiro atoms. The Kier molecular flexibility index (Phi) is 10.4. The average Bonchev–Trinajstić information content (AvgIpc) is 3.69. The SMILES string of the molecule is COc1ccc(CN(c2ncns2)S(=O)(=O)c2cc3oc(=O)n(Cc4ccccc4/C=C/CNC(=O)OC(C)(C)C)c3cc2F)c(OC)c1. The van der Waals surface area contributed by atoms with Gasteiger partial charge in [-0.15, -0.1) is 0 Å². The van der Waals surface area contributed by atoms with Gasteiger partial charge in [-0.3, -0.25) is 4.57 Å². The molecule has 0 bridgehead atoms. The van der Waals surface area contributed by atoms with Gasteiger partial charge in [0.15, 0.2) is 5.58 Å². The Bertz CT molecular complexity index is 2160. The Labute approximate surface area is 285 Å². The molecule has 1 N–H and O–H groups in total. The van der Waals surface area contributed by atoms with Crippen molar-refractivity contribution in [2.45, 2.75) is 44.4 Å². The zero-order valence-corrected chi connectivity index (χ0v) is 28.9. The molecule has 0 unspecified atom stereocenters. The monoisotopic (exact) mass is 711 g/mol. The molecule has 0 fully saturated rings. The van der Waals surface area contributed by atoms with Crippen LogP contribution in [0.5, 0.6) is 11.5 Å². The van der Waals surface area contributed by atoms with Crippen molar-refractivity contribution < 1.29 is 36.2 Å². The highest BCUT2D eigenvalue weighted by Gasteiger charge is 2.32. The van der Waals surface area contributed by atoms with Crippen molar-refractivity contribution in [3.05, 3.63) is 100 Å². The highest BCUT2D eigenvalue weighted by Crippen LogP contribution is 2.33. The fourth-order valence-corrected chi connectivity index (χ4v) is 7.05. The second-order valence-electron chi connectivity index (χ2n) is 11.6. The van der Waals surface area contributed by atoms with Crippen LogP contribution in [0.3, 0.4) is 0 Å². The number of nitrogens with zero attached hydrogens (tertiary/aromatic N) is 4. The Morgan fingerprint density at radius 1 is 1.10 bits per heavy atom. The highest BCUT2D eigenvalue weighted by molar-refractivity contribution is 7.93. The molecule has 2 aromatic heterocycles. The number of carbonyl (C=O) groups excluding carboxylic acids is 1. The first-order valence-electron chi connectivity index (χ1n) is 14.8. The van der Waals surface area contributed by atoms with Crippen LogP contribution < -0.4 is 24.9 Å². The Balaban J connectivity index is 1.45. The summed E-state index contributed by atoms with van der Waals surface area (Å²) in [5.41, 5.74) is 1.18. The zero-order valence-electron chi connectivity index (χ0n) is 27.3. The molecule has 0 saturated carbocycles. The number of methoxy groups -OCH3 is 2. The molecule has 49 heavy (non-hydrogen) atoms.